The molecule has 4 aliphatic rings. The molecule has 4 aromatic rings. The van der Waals surface area contributed by atoms with Gasteiger partial charge in [0.15, 0.2) is 0 Å². The summed E-state index contributed by atoms with van der Waals surface area (Å²) in [4.78, 5) is 42.5. The summed E-state index contributed by atoms with van der Waals surface area (Å²) in [5.74, 6) is -1.18. The SMILES string of the molecule is CC1(F)CCC(C(=O)N[C@@H]2CCC[C@H]2c2ncc(-c3ccc(-c4ccc(-c5cnc([C@@H]6CCC[C@@H]6NC(=O)C6CCC(F)(F)CC6)[nH]5)cc4)cc3)[nH]2)CC1. The van der Waals surface area contributed by atoms with Gasteiger partial charge in [0.25, 0.3) is 0 Å². The Balaban J connectivity index is 0.867. The van der Waals surface area contributed by atoms with Gasteiger partial charge in [-0.2, -0.15) is 0 Å². The lowest BCUT2D eigenvalue weighted by Gasteiger charge is -2.31. The fourth-order valence-corrected chi connectivity index (χ4v) is 9.33. The molecular formula is C43H51F3N6O2. The van der Waals surface area contributed by atoms with Crippen LogP contribution in [0.4, 0.5) is 13.2 Å². The smallest absolute Gasteiger partial charge is 0.248 e. The number of aromatic amines is 2. The molecule has 0 unspecified atom stereocenters. The lowest BCUT2D eigenvalue weighted by molar-refractivity contribution is -0.130. The molecule has 2 amide bonds. The predicted molar refractivity (Wildman–Crippen MR) is 202 cm³/mol. The number of aromatic nitrogens is 4. The van der Waals surface area contributed by atoms with Gasteiger partial charge >= 0.3 is 0 Å². The maximum absolute atomic E-state index is 14.3. The number of carbonyl (C=O) groups excluding carboxylic acids is 2. The average Bonchev–Trinajstić information content (AvgIpc) is 4.00. The topological polar surface area (TPSA) is 116 Å². The number of alkyl halides is 3. The van der Waals surface area contributed by atoms with E-state index in [2.05, 4.69) is 69.1 Å². The number of imidazole rings is 2. The van der Waals surface area contributed by atoms with E-state index in [1.54, 1.807) is 6.92 Å². The molecule has 2 aromatic heterocycles. The summed E-state index contributed by atoms with van der Waals surface area (Å²) in [7, 11) is 0. The van der Waals surface area contributed by atoms with Crippen LogP contribution in [-0.2, 0) is 9.59 Å². The van der Waals surface area contributed by atoms with Crippen molar-refractivity contribution < 1.29 is 22.8 Å². The van der Waals surface area contributed by atoms with Crippen LogP contribution >= 0.6 is 0 Å². The molecular weight excluding hydrogens is 690 g/mol. The number of rotatable bonds is 9. The first-order chi connectivity index (χ1) is 26.0. The van der Waals surface area contributed by atoms with E-state index in [-0.39, 0.29) is 73.3 Å². The van der Waals surface area contributed by atoms with Crippen LogP contribution in [-0.4, -0.2) is 55.4 Å². The zero-order chi connectivity index (χ0) is 37.5. The van der Waals surface area contributed by atoms with Crippen LogP contribution in [0, 0.1) is 11.8 Å². The fraction of sp³-hybridized carbons (Fsp3) is 0.535. The molecule has 0 saturated heterocycles. The lowest BCUT2D eigenvalue weighted by Crippen LogP contribution is -2.42. The molecule has 0 aliphatic heterocycles. The van der Waals surface area contributed by atoms with Crippen molar-refractivity contribution in [3.05, 3.63) is 72.6 Å². The Morgan fingerprint density at radius 2 is 0.981 bits per heavy atom. The first-order valence-corrected chi connectivity index (χ1v) is 20.0. The minimum absolute atomic E-state index is 0.0366. The van der Waals surface area contributed by atoms with Crippen LogP contribution in [0.1, 0.15) is 120 Å². The summed E-state index contributed by atoms with van der Waals surface area (Å²) >= 11 is 0. The molecule has 54 heavy (non-hydrogen) atoms. The van der Waals surface area contributed by atoms with Gasteiger partial charge in [-0.25, -0.2) is 23.1 Å². The highest BCUT2D eigenvalue weighted by Crippen LogP contribution is 2.40. The average molecular weight is 741 g/mol. The third-order valence-corrected chi connectivity index (χ3v) is 12.8. The monoisotopic (exact) mass is 740 g/mol. The summed E-state index contributed by atoms with van der Waals surface area (Å²) in [6.07, 6.45) is 11.5. The number of carbonyl (C=O) groups is 2. The Bertz CT molecular complexity index is 1780. The molecule has 4 saturated carbocycles. The number of nitrogens with one attached hydrogen (secondary N) is 4. The maximum Gasteiger partial charge on any atom is 0.248 e. The molecule has 286 valence electrons. The van der Waals surface area contributed by atoms with Gasteiger partial charge in [0.1, 0.15) is 17.3 Å². The van der Waals surface area contributed by atoms with Crippen molar-refractivity contribution in [2.45, 2.75) is 132 Å². The van der Waals surface area contributed by atoms with E-state index in [4.69, 9.17) is 9.97 Å². The molecule has 4 N–H and O–H groups in total. The van der Waals surface area contributed by atoms with Gasteiger partial charge in [0, 0.05) is 48.6 Å². The lowest BCUT2D eigenvalue weighted by atomic mass is 9.80. The highest BCUT2D eigenvalue weighted by molar-refractivity contribution is 5.80. The zero-order valence-electron chi connectivity index (χ0n) is 31.0. The second-order valence-electron chi connectivity index (χ2n) is 16.6. The largest absolute Gasteiger partial charge is 0.352 e. The summed E-state index contributed by atoms with van der Waals surface area (Å²) in [5.41, 5.74) is 4.94. The van der Waals surface area contributed by atoms with Crippen LogP contribution in [0.5, 0.6) is 0 Å². The van der Waals surface area contributed by atoms with E-state index in [0.29, 0.717) is 25.7 Å². The van der Waals surface area contributed by atoms with E-state index in [1.165, 1.54) is 0 Å². The van der Waals surface area contributed by atoms with Crippen LogP contribution < -0.4 is 10.6 Å². The number of nitrogens with zero attached hydrogens (tertiary/aromatic N) is 2. The van der Waals surface area contributed by atoms with Gasteiger partial charge in [-0.3, -0.25) is 9.59 Å². The van der Waals surface area contributed by atoms with Gasteiger partial charge in [-0.05, 0) is 93.4 Å². The van der Waals surface area contributed by atoms with Gasteiger partial charge in [0.05, 0.1) is 23.8 Å². The van der Waals surface area contributed by atoms with E-state index >= 15 is 0 Å². The summed E-state index contributed by atoms with van der Waals surface area (Å²) in [5, 5.41) is 6.46. The molecule has 0 radical (unpaired) electrons. The number of amides is 2. The van der Waals surface area contributed by atoms with Crippen LogP contribution in [0.25, 0.3) is 33.6 Å². The van der Waals surface area contributed by atoms with Gasteiger partial charge in [-0.15, -0.1) is 0 Å². The van der Waals surface area contributed by atoms with E-state index in [9.17, 15) is 22.8 Å². The van der Waals surface area contributed by atoms with Crippen molar-refractivity contribution >= 4 is 11.8 Å². The Morgan fingerprint density at radius 1 is 0.593 bits per heavy atom. The quantitative estimate of drug-likeness (QED) is 0.137. The van der Waals surface area contributed by atoms with Crippen LogP contribution in [0.15, 0.2) is 60.9 Å². The summed E-state index contributed by atoms with van der Waals surface area (Å²) in [6.45, 7) is 1.64. The normalized spacial score (nSPS) is 28.6. The molecule has 0 spiro atoms. The van der Waals surface area contributed by atoms with Crippen LogP contribution in [0.3, 0.4) is 0 Å². The minimum atomic E-state index is -2.64. The molecule has 4 aliphatic carbocycles. The Morgan fingerprint density at radius 3 is 1.41 bits per heavy atom. The molecule has 11 heteroatoms. The maximum atomic E-state index is 14.3. The minimum Gasteiger partial charge on any atom is -0.352 e. The highest BCUT2D eigenvalue weighted by atomic mass is 19.3. The van der Waals surface area contributed by atoms with Crippen molar-refractivity contribution in [2.24, 2.45) is 11.8 Å². The molecule has 2 aromatic carbocycles. The second-order valence-corrected chi connectivity index (χ2v) is 16.6. The third-order valence-electron chi connectivity index (χ3n) is 12.8. The van der Waals surface area contributed by atoms with E-state index in [1.807, 2.05) is 12.4 Å². The highest BCUT2D eigenvalue weighted by Gasteiger charge is 2.40. The predicted octanol–water partition coefficient (Wildman–Crippen LogP) is 9.38. The van der Waals surface area contributed by atoms with E-state index < -0.39 is 11.6 Å². The molecule has 4 fully saturated rings. The van der Waals surface area contributed by atoms with Crippen molar-refractivity contribution in [1.29, 1.82) is 0 Å². The first kappa shape index (κ1) is 36.6. The van der Waals surface area contributed by atoms with Gasteiger partial charge < -0.3 is 20.6 Å². The van der Waals surface area contributed by atoms with Crippen molar-refractivity contribution in [3.63, 3.8) is 0 Å². The molecule has 8 rings (SSSR count). The second kappa shape index (κ2) is 15.0. The van der Waals surface area contributed by atoms with Gasteiger partial charge in [-0.1, -0.05) is 61.4 Å². The zero-order valence-corrected chi connectivity index (χ0v) is 31.0. The number of hydrogen-bond acceptors (Lipinski definition) is 4. The Hall–Kier alpha value is -4.41. The third kappa shape index (κ3) is 8.01. The van der Waals surface area contributed by atoms with Crippen molar-refractivity contribution in [1.82, 2.24) is 30.6 Å². The number of hydrogen-bond donors (Lipinski definition) is 4. The van der Waals surface area contributed by atoms with Gasteiger partial charge in [0.2, 0.25) is 17.7 Å². The molecule has 8 nitrogen and oxygen atoms in total. The number of benzene rings is 2. The van der Waals surface area contributed by atoms with E-state index in [0.717, 1.165) is 83.8 Å². The summed E-state index contributed by atoms with van der Waals surface area (Å²) < 4.78 is 41.5. The molecule has 2 heterocycles. The van der Waals surface area contributed by atoms with Crippen molar-refractivity contribution in [2.75, 3.05) is 0 Å². The Kier molecular flexibility index (Phi) is 10.2. The number of halogens is 3. The number of H-pyrrole nitrogens is 2. The molecule has 0 bridgehead atoms. The van der Waals surface area contributed by atoms with Crippen molar-refractivity contribution in [3.8, 4) is 33.6 Å². The fourth-order valence-electron chi connectivity index (χ4n) is 9.33. The van der Waals surface area contributed by atoms with Crippen LogP contribution in [0.2, 0.25) is 0 Å². The first-order valence-electron chi connectivity index (χ1n) is 20.0. The molecule has 4 atom stereocenters. The summed E-state index contributed by atoms with van der Waals surface area (Å²) in [6, 6.07) is 16.8. The Labute approximate surface area is 314 Å². The standard InChI is InChI=1S/C43H51F3N6O2/c1-42(44)20-16-30(17-21-42)40(53)51-34-6-2-4-32(34)38-47-24-36(49-38)28-12-8-26(9-13-28)27-10-14-29(15-11-27)37-25-48-39(50-37)33-5-3-7-35(33)52-41(54)31-18-22-43(45,46)23-19-31/h8-15,24-25,30-35H,2-7,16-23H2,1H3,(H,47,49)(H,48,50)(H,51,53)(H,52,54)/t30?,32-,33-,34-,35+,42?/m1/s1.